The molecule has 8 nitrogen and oxygen atoms in total. The largest absolute Gasteiger partial charge is 0.486 e. The Bertz CT molecular complexity index is 1550. The Hall–Kier alpha value is -3.98. The van der Waals surface area contributed by atoms with Crippen molar-refractivity contribution in [1.29, 1.82) is 0 Å². The van der Waals surface area contributed by atoms with E-state index in [4.69, 9.17) is 14.5 Å². The molecule has 1 aromatic heterocycles. The van der Waals surface area contributed by atoms with Crippen LogP contribution in [0.2, 0.25) is 0 Å². The number of hydrogen-bond acceptors (Lipinski definition) is 7. The van der Waals surface area contributed by atoms with Crippen molar-refractivity contribution < 1.29 is 19.1 Å². The molecule has 1 atom stereocenters. The summed E-state index contributed by atoms with van der Waals surface area (Å²) in [5.41, 5.74) is 3.91. The monoisotopic (exact) mass is 558 g/mol. The van der Waals surface area contributed by atoms with Crippen LogP contribution in [0.25, 0.3) is 11.0 Å². The number of rotatable bonds is 10. The molecule has 1 fully saturated rings. The lowest BCUT2D eigenvalue weighted by Gasteiger charge is -2.27. The highest BCUT2D eigenvalue weighted by Gasteiger charge is 2.43. The number of benzene rings is 3. The van der Waals surface area contributed by atoms with E-state index < -0.39 is 4.75 Å². The highest BCUT2D eigenvalue weighted by molar-refractivity contribution is 8.16. The molecule has 1 N–H and O–H groups in total. The highest BCUT2D eigenvalue weighted by Crippen LogP contribution is 2.35. The van der Waals surface area contributed by atoms with E-state index in [2.05, 4.69) is 43.1 Å². The molecule has 0 aliphatic carbocycles. The zero-order valence-corrected chi connectivity index (χ0v) is 24.2. The topological polar surface area (TPSA) is 85.7 Å². The van der Waals surface area contributed by atoms with Crippen LogP contribution >= 0.6 is 11.8 Å². The van der Waals surface area contributed by atoms with Crippen molar-refractivity contribution in [3.05, 3.63) is 78.1 Å². The fourth-order valence-electron chi connectivity index (χ4n) is 4.98. The molecule has 0 radical (unpaired) electrons. The zero-order valence-electron chi connectivity index (χ0n) is 23.4. The number of fused-ring (bicyclic) bond motifs is 1. The summed E-state index contributed by atoms with van der Waals surface area (Å²) in [6, 6.07) is 22.1. The van der Waals surface area contributed by atoms with Crippen LogP contribution in [0.15, 0.2) is 66.7 Å². The quantitative estimate of drug-likeness (QED) is 0.239. The summed E-state index contributed by atoms with van der Waals surface area (Å²) in [5, 5.41) is 2.06. The second kappa shape index (κ2) is 11.3. The standard InChI is InChI=1S/C31H34N4O4S/c1-6-35(20(2)3)22-8-7-9-24(16-22)39-25-14-15-26-27(17-25)34(5)28(32-26)19-38-23-12-10-21(11-13-23)18-31(4)29(36)33-30(37)40-31/h7-17,20H,6,18-19H2,1-5H3,(H,33,36,37). The van der Waals surface area contributed by atoms with E-state index in [0.717, 1.165) is 57.9 Å². The van der Waals surface area contributed by atoms with Gasteiger partial charge in [-0.25, -0.2) is 4.98 Å². The molecular formula is C31H34N4O4S. The number of carbonyl (C=O) groups excluding carboxylic acids is 2. The molecule has 0 spiro atoms. The van der Waals surface area contributed by atoms with Crippen LogP contribution in [-0.2, 0) is 24.9 Å². The molecule has 1 aliphatic rings. The number of thioether (sulfide) groups is 1. The van der Waals surface area contributed by atoms with E-state index in [1.54, 1.807) is 6.92 Å². The van der Waals surface area contributed by atoms with Gasteiger partial charge in [-0.1, -0.05) is 18.2 Å². The minimum atomic E-state index is -0.790. The van der Waals surface area contributed by atoms with Gasteiger partial charge in [-0.05, 0) is 87.8 Å². The molecule has 4 aromatic rings. The predicted octanol–water partition coefficient (Wildman–Crippen LogP) is 6.46. The van der Waals surface area contributed by atoms with Crippen molar-refractivity contribution in [2.24, 2.45) is 7.05 Å². The van der Waals surface area contributed by atoms with Crippen molar-refractivity contribution in [1.82, 2.24) is 14.9 Å². The minimum Gasteiger partial charge on any atom is -0.486 e. The molecule has 208 valence electrons. The van der Waals surface area contributed by atoms with E-state index in [9.17, 15) is 9.59 Å². The molecule has 2 heterocycles. The molecule has 0 bridgehead atoms. The Morgan fingerprint density at radius 2 is 1.75 bits per heavy atom. The van der Waals surface area contributed by atoms with Crippen LogP contribution in [0.4, 0.5) is 10.5 Å². The van der Waals surface area contributed by atoms with Gasteiger partial charge < -0.3 is 18.9 Å². The van der Waals surface area contributed by atoms with Gasteiger partial charge in [0.2, 0.25) is 5.91 Å². The van der Waals surface area contributed by atoms with Crippen LogP contribution in [0, 0.1) is 0 Å². The summed E-state index contributed by atoms with van der Waals surface area (Å²) in [6.45, 7) is 9.54. The Kier molecular flexibility index (Phi) is 7.76. The number of ether oxygens (including phenoxy) is 2. The summed E-state index contributed by atoms with van der Waals surface area (Å²) in [4.78, 5) is 30.8. The highest BCUT2D eigenvalue weighted by atomic mass is 32.2. The number of carbonyl (C=O) groups is 2. The Morgan fingerprint density at radius 1 is 1.02 bits per heavy atom. The van der Waals surface area contributed by atoms with Gasteiger partial charge in [0.25, 0.3) is 5.24 Å². The second-order valence-electron chi connectivity index (χ2n) is 10.4. The maximum absolute atomic E-state index is 12.1. The Balaban J connectivity index is 1.25. The van der Waals surface area contributed by atoms with Gasteiger partial charge in [-0.15, -0.1) is 0 Å². The third kappa shape index (κ3) is 5.79. The molecule has 0 saturated carbocycles. The lowest BCUT2D eigenvalue weighted by atomic mass is 9.99. The Labute approximate surface area is 238 Å². The van der Waals surface area contributed by atoms with Crippen molar-refractivity contribution in [2.75, 3.05) is 11.4 Å². The lowest BCUT2D eigenvalue weighted by molar-refractivity contribution is -0.121. The van der Waals surface area contributed by atoms with Crippen molar-refractivity contribution in [3.63, 3.8) is 0 Å². The van der Waals surface area contributed by atoms with Gasteiger partial charge in [0, 0.05) is 37.5 Å². The minimum absolute atomic E-state index is 0.249. The summed E-state index contributed by atoms with van der Waals surface area (Å²) >= 11 is 1.04. The summed E-state index contributed by atoms with van der Waals surface area (Å²) in [6.07, 6.45) is 0.462. The molecule has 3 aromatic carbocycles. The SMILES string of the molecule is CCN(c1cccc(Oc2ccc3nc(COc4ccc(CC5(C)SC(=O)NC5=O)cc4)n(C)c3c2)c1)C(C)C. The van der Waals surface area contributed by atoms with Crippen molar-refractivity contribution >= 4 is 39.6 Å². The molecule has 1 aliphatic heterocycles. The van der Waals surface area contributed by atoms with Crippen LogP contribution in [0.1, 0.15) is 39.1 Å². The van der Waals surface area contributed by atoms with Gasteiger partial charge in [0.1, 0.15) is 34.4 Å². The third-order valence-corrected chi connectivity index (χ3v) is 8.21. The normalized spacial score (nSPS) is 16.9. The van der Waals surface area contributed by atoms with Gasteiger partial charge in [-0.3, -0.25) is 14.9 Å². The number of aryl methyl sites for hydroxylation is 1. The molecule has 5 rings (SSSR count). The van der Waals surface area contributed by atoms with E-state index >= 15 is 0 Å². The smallest absolute Gasteiger partial charge is 0.286 e. The van der Waals surface area contributed by atoms with Crippen LogP contribution < -0.4 is 19.7 Å². The van der Waals surface area contributed by atoms with E-state index in [0.29, 0.717) is 24.8 Å². The van der Waals surface area contributed by atoms with E-state index in [1.165, 1.54) is 0 Å². The first kappa shape index (κ1) is 27.6. The summed E-state index contributed by atoms with van der Waals surface area (Å²) < 4.78 is 13.5. The molecule has 1 saturated heterocycles. The van der Waals surface area contributed by atoms with E-state index in [1.807, 2.05) is 66.2 Å². The maximum atomic E-state index is 12.1. The van der Waals surface area contributed by atoms with Gasteiger partial charge in [-0.2, -0.15) is 0 Å². The number of nitrogens with zero attached hydrogens (tertiary/aromatic N) is 3. The average molecular weight is 559 g/mol. The van der Waals surface area contributed by atoms with Crippen molar-refractivity contribution in [3.8, 4) is 17.2 Å². The van der Waals surface area contributed by atoms with Crippen molar-refractivity contribution in [2.45, 2.75) is 51.5 Å². The number of imide groups is 1. The van der Waals surface area contributed by atoms with Gasteiger partial charge >= 0.3 is 0 Å². The van der Waals surface area contributed by atoms with Gasteiger partial charge in [0.05, 0.1) is 11.0 Å². The van der Waals surface area contributed by atoms with Crippen LogP contribution in [-0.4, -0.2) is 38.0 Å². The fraction of sp³-hybridized carbons (Fsp3) is 0.323. The molecule has 2 amide bonds. The number of hydrogen-bond donors (Lipinski definition) is 1. The lowest BCUT2D eigenvalue weighted by Crippen LogP contribution is -2.35. The average Bonchev–Trinajstić information content (AvgIpc) is 3.37. The molecular weight excluding hydrogens is 524 g/mol. The zero-order chi connectivity index (χ0) is 28.4. The first-order chi connectivity index (χ1) is 19.1. The van der Waals surface area contributed by atoms with Gasteiger partial charge in [0.15, 0.2) is 0 Å². The number of anilines is 1. The molecule has 40 heavy (non-hydrogen) atoms. The fourth-order valence-corrected chi connectivity index (χ4v) is 5.91. The first-order valence-electron chi connectivity index (χ1n) is 13.4. The second-order valence-corrected chi connectivity index (χ2v) is 11.9. The number of imidazole rings is 1. The van der Waals surface area contributed by atoms with Crippen LogP contribution in [0.5, 0.6) is 17.2 Å². The maximum Gasteiger partial charge on any atom is 0.286 e. The summed E-state index contributed by atoms with van der Waals surface area (Å²) in [5.74, 6) is 2.78. The number of amides is 2. The first-order valence-corrected chi connectivity index (χ1v) is 14.2. The number of nitrogens with one attached hydrogen (secondary N) is 1. The van der Waals surface area contributed by atoms with Crippen LogP contribution in [0.3, 0.4) is 0 Å². The molecule has 9 heteroatoms. The predicted molar refractivity (Wildman–Crippen MR) is 159 cm³/mol. The summed E-state index contributed by atoms with van der Waals surface area (Å²) in [7, 11) is 1.97. The Morgan fingerprint density at radius 3 is 2.42 bits per heavy atom. The number of aromatic nitrogens is 2. The molecule has 1 unspecified atom stereocenters. The van der Waals surface area contributed by atoms with E-state index in [-0.39, 0.29) is 11.1 Å². The third-order valence-electron chi connectivity index (χ3n) is 7.14.